The molecule has 406 valence electrons. The fraction of sp³-hybridized carbons (Fsp3) is 0. The zero-order valence-corrected chi connectivity index (χ0v) is 46.5. The van der Waals surface area contributed by atoms with Gasteiger partial charge in [0.2, 0.25) is 0 Å². The van der Waals surface area contributed by atoms with Crippen LogP contribution < -0.4 is 0 Å². The Morgan fingerprint density at radius 1 is 0.216 bits per heavy atom. The molecule has 0 aliphatic heterocycles. The van der Waals surface area contributed by atoms with Gasteiger partial charge in [0.15, 0.2) is 0 Å². The van der Waals surface area contributed by atoms with E-state index in [1.165, 1.54) is 0 Å². The van der Waals surface area contributed by atoms with Crippen molar-refractivity contribution in [3.05, 3.63) is 254 Å². The smallest absolute Gasteiger partial charge is 0.136 e. The molecule has 8 aromatic heterocycles. The van der Waals surface area contributed by atoms with E-state index in [4.69, 9.17) is 17.7 Å². The number of fused-ring (bicyclic) bond motifs is 24. The third kappa shape index (κ3) is 5.88. The number of benzene rings is 13. The Balaban J connectivity index is 1.05. The van der Waals surface area contributed by atoms with Crippen LogP contribution in [0.25, 0.3) is 198 Å². The second-order valence-electron chi connectivity index (χ2n) is 23.4. The van der Waals surface area contributed by atoms with Gasteiger partial charge in [-0.2, -0.15) is 5.26 Å². The van der Waals surface area contributed by atoms with Gasteiger partial charge in [0.1, 0.15) is 56.3 Å². The van der Waals surface area contributed by atoms with Crippen LogP contribution in [0, 0.1) is 11.3 Å². The maximum atomic E-state index is 13.1. The lowest BCUT2D eigenvalue weighted by Gasteiger charge is -2.25. The summed E-state index contributed by atoms with van der Waals surface area (Å²) in [4.78, 5) is 0. The first-order valence-electron chi connectivity index (χ1n) is 29.6. The molecule has 0 fully saturated rings. The molecule has 0 aliphatic carbocycles. The largest absolute Gasteiger partial charge is 0.456 e. The Bertz CT molecular complexity index is 6020. The first kappa shape index (κ1) is 46.2. The van der Waals surface area contributed by atoms with E-state index in [0.717, 1.165) is 198 Å². The third-order valence-electron chi connectivity index (χ3n) is 19.0. The molecule has 21 aromatic rings. The Hall–Kier alpha value is -12.3. The van der Waals surface area contributed by atoms with Crippen LogP contribution in [0.2, 0.25) is 0 Å². The molecular formula is C79H41N5O4. The van der Waals surface area contributed by atoms with Crippen molar-refractivity contribution in [1.29, 1.82) is 5.26 Å². The molecule has 0 bridgehead atoms. The Morgan fingerprint density at radius 3 is 0.739 bits per heavy atom. The summed E-state index contributed by atoms with van der Waals surface area (Å²) in [6, 6.07) is 90.9. The molecule has 88 heavy (non-hydrogen) atoms. The highest BCUT2D eigenvalue weighted by Gasteiger charge is 2.32. The highest BCUT2D eigenvalue weighted by Crippen LogP contribution is 2.50. The van der Waals surface area contributed by atoms with Crippen LogP contribution in [0.5, 0.6) is 0 Å². The van der Waals surface area contributed by atoms with E-state index in [-0.39, 0.29) is 0 Å². The van der Waals surface area contributed by atoms with E-state index in [9.17, 15) is 5.26 Å². The van der Waals surface area contributed by atoms with Crippen LogP contribution in [0.4, 0.5) is 0 Å². The van der Waals surface area contributed by atoms with Gasteiger partial charge >= 0.3 is 0 Å². The number of aromatic nitrogens is 4. The number of hydrogen-bond donors (Lipinski definition) is 0. The molecule has 0 amide bonds. The average Bonchev–Trinajstić information content (AvgIpc) is 1.59. The van der Waals surface area contributed by atoms with Crippen molar-refractivity contribution < 1.29 is 17.7 Å². The van der Waals surface area contributed by atoms with Crippen molar-refractivity contribution in [2.45, 2.75) is 0 Å². The fourth-order valence-electron chi connectivity index (χ4n) is 15.3. The molecule has 0 radical (unpaired) electrons. The lowest BCUT2D eigenvalue weighted by molar-refractivity contribution is 0.669. The minimum absolute atomic E-state index is 0.477. The predicted molar refractivity (Wildman–Crippen MR) is 358 cm³/mol. The Labute approximate surface area is 496 Å². The van der Waals surface area contributed by atoms with Gasteiger partial charge in [0.05, 0.1) is 66.9 Å². The molecule has 0 spiro atoms. The summed E-state index contributed by atoms with van der Waals surface area (Å²) >= 11 is 0. The van der Waals surface area contributed by atoms with Crippen LogP contribution in [-0.2, 0) is 0 Å². The van der Waals surface area contributed by atoms with Gasteiger partial charge in [-0.1, -0.05) is 146 Å². The van der Waals surface area contributed by atoms with Crippen LogP contribution >= 0.6 is 0 Å². The van der Waals surface area contributed by atoms with E-state index in [1.54, 1.807) is 0 Å². The molecule has 0 saturated heterocycles. The number of nitrogens with zero attached hydrogens (tertiary/aromatic N) is 5. The van der Waals surface area contributed by atoms with Gasteiger partial charge in [-0.3, -0.25) is 0 Å². The zero-order valence-electron chi connectivity index (χ0n) is 46.5. The molecule has 8 heterocycles. The van der Waals surface area contributed by atoms with Crippen LogP contribution in [0.15, 0.2) is 266 Å². The highest BCUT2D eigenvalue weighted by molar-refractivity contribution is 6.24. The molecule has 21 rings (SSSR count). The van der Waals surface area contributed by atoms with Gasteiger partial charge in [0, 0.05) is 86.2 Å². The standard InChI is InChI=1S/C79H41N5O4/c80-42-59-78(83-60-25-9-1-17-43(60)44-18-2-10-26-61(44)83)68(81-64-33-55-47-21-5-13-29-70(47)85-74(55)37-51(64)52-38-75-56(34-65(52)81)48-22-6-14-30-71(48)86-75)41-69(79(59)84-62-27-11-3-19-45(62)46-20-4-12-28-63(46)84)82-66-35-57-49-23-7-15-31-72(49)87-76(57)39-53(66)54-40-77-58(36-67(54)82)50-24-8-16-32-73(50)88-77/h1-41H. The van der Waals surface area contributed by atoms with Crippen molar-refractivity contribution in [3.63, 3.8) is 0 Å². The van der Waals surface area contributed by atoms with E-state index < -0.39 is 0 Å². The number of nitriles is 1. The molecular weight excluding hydrogens is 1080 g/mol. The maximum Gasteiger partial charge on any atom is 0.136 e. The second kappa shape index (κ2) is 16.5. The molecule has 9 nitrogen and oxygen atoms in total. The van der Waals surface area contributed by atoms with E-state index in [1.807, 2.05) is 48.5 Å². The average molecular weight is 1120 g/mol. The first-order chi connectivity index (χ1) is 43.6. The summed E-state index contributed by atoms with van der Waals surface area (Å²) in [5.74, 6) is 0. The molecule has 13 aromatic carbocycles. The predicted octanol–water partition coefficient (Wildman–Crippen LogP) is 21.5. The summed E-state index contributed by atoms with van der Waals surface area (Å²) in [6.07, 6.45) is 0. The Kier molecular flexibility index (Phi) is 8.68. The summed E-state index contributed by atoms with van der Waals surface area (Å²) in [5.41, 5.74) is 17.5. The monoisotopic (exact) mass is 1120 g/mol. The molecule has 9 heteroatoms. The van der Waals surface area contributed by atoms with Crippen LogP contribution in [0.1, 0.15) is 5.56 Å². The molecule has 0 N–H and O–H groups in total. The number of furan rings is 4. The second-order valence-corrected chi connectivity index (χ2v) is 23.4. The summed E-state index contributed by atoms with van der Waals surface area (Å²) in [7, 11) is 0. The topological polar surface area (TPSA) is 96.1 Å². The molecule has 0 aliphatic rings. The molecule has 0 atom stereocenters. The quantitative estimate of drug-likeness (QED) is 0.175. The van der Waals surface area contributed by atoms with E-state index in [0.29, 0.717) is 5.56 Å². The zero-order chi connectivity index (χ0) is 57.2. The Morgan fingerprint density at radius 2 is 0.466 bits per heavy atom. The SMILES string of the molecule is N#Cc1c(-n2c3ccccc3c3ccccc32)c(-n2c3cc4c(cc3c3cc5oc6ccccc6c5cc32)oc2ccccc24)cc(-n2c3cc4c(cc3c3cc5oc6ccccc6c5cc32)oc2ccccc24)c1-n1c2ccccc2c2ccccc21. The van der Waals surface area contributed by atoms with E-state index in [2.05, 4.69) is 225 Å². The van der Waals surface area contributed by atoms with Crippen molar-refractivity contribution >= 4 is 175 Å². The summed E-state index contributed by atoms with van der Waals surface area (Å²) < 4.78 is 36.6. The van der Waals surface area contributed by atoms with E-state index >= 15 is 0 Å². The summed E-state index contributed by atoms with van der Waals surface area (Å²) in [5, 5.41) is 29.3. The van der Waals surface area contributed by atoms with Crippen LogP contribution in [-0.4, -0.2) is 18.3 Å². The van der Waals surface area contributed by atoms with Crippen LogP contribution in [0.3, 0.4) is 0 Å². The van der Waals surface area contributed by atoms with Crippen molar-refractivity contribution in [3.8, 4) is 28.8 Å². The highest BCUT2D eigenvalue weighted by atomic mass is 16.3. The maximum absolute atomic E-state index is 13.1. The van der Waals surface area contributed by atoms with Gasteiger partial charge in [-0.25, -0.2) is 0 Å². The minimum atomic E-state index is 0.477. The van der Waals surface area contributed by atoms with Crippen molar-refractivity contribution in [2.24, 2.45) is 0 Å². The number of hydrogen-bond acceptors (Lipinski definition) is 5. The fourth-order valence-corrected chi connectivity index (χ4v) is 15.3. The lowest BCUT2D eigenvalue weighted by atomic mass is 10.0. The van der Waals surface area contributed by atoms with Gasteiger partial charge < -0.3 is 35.9 Å². The molecule has 0 saturated carbocycles. The first-order valence-corrected chi connectivity index (χ1v) is 29.6. The normalized spacial score (nSPS) is 12.5. The van der Waals surface area contributed by atoms with Gasteiger partial charge in [-0.05, 0) is 103 Å². The third-order valence-corrected chi connectivity index (χ3v) is 19.0. The van der Waals surface area contributed by atoms with Crippen molar-refractivity contribution in [1.82, 2.24) is 18.3 Å². The number of rotatable bonds is 4. The van der Waals surface area contributed by atoms with Gasteiger partial charge in [-0.15, -0.1) is 0 Å². The lowest BCUT2D eigenvalue weighted by Crippen LogP contribution is -2.13. The molecule has 0 unspecified atom stereocenters. The van der Waals surface area contributed by atoms with Crippen molar-refractivity contribution in [2.75, 3.05) is 0 Å². The minimum Gasteiger partial charge on any atom is -0.456 e. The number of para-hydroxylation sites is 8. The summed E-state index contributed by atoms with van der Waals surface area (Å²) in [6.45, 7) is 0. The van der Waals surface area contributed by atoms with Gasteiger partial charge in [0.25, 0.3) is 0 Å².